The second-order valence-electron chi connectivity index (χ2n) is 6.10. The molecule has 1 N–H and O–H groups in total. The molecule has 1 aliphatic rings. The van der Waals surface area contributed by atoms with Gasteiger partial charge in [0.15, 0.2) is 6.10 Å². The molecule has 1 atom stereocenters. The molecule has 0 saturated heterocycles. The highest BCUT2D eigenvalue weighted by Crippen LogP contribution is 2.33. The van der Waals surface area contributed by atoms with E-state index in [1.807, 2.05) is 6.07 Å². The van der Waals surface area contributed by atoms with Crippen molar-refractivity contribution in [1.29, 1.82) is 0 Å². The number of para-hydroxylation sites is 2. The van der Waals surface area contributed by atoms with Crippen molar-refractivity contribution < 1.29 is 23.1 Å². The summed E-state index contributed by atoms with van der Waals surface area (Å²) in [5.41, 5.74) is 0.632. The number of amides is 2. The van der Waals surface area contributed by atoms with Crippen LogP contribution in [0, 0.1) is 0 Å². The fraction of sp³-hybridized carbons (Fsp3) is 0.389. The molecule has 144 valence electrons. The van der Waals surface area contributed by atoms with Crippen LogP contribution in [-0.4, -0.2) is 40.6 Å². The van der Waals surface area contributed by atoms with Gasteiger partial charge >= 0.3 is 6.55 Å². The Morgan fingerprint density at radius 2 is 2.15 bits per heavy atom. The highest BCUT2D eigenvalue weighted by molar-refractivity contribution is 6.00. The Bertz CT molecular complexity index is 824. The lowest BCUT2D eigenvalue weighted by atomic mass is 10.1. The number of carbonyl (C=O) groups excluding carboxylic acids is 2. The van der Waals surface area contributed by atoms with Crippen LogP contribution in [0.3, 0.4) is 0 Å². The van der Waals surface area contributed by atoms with Crippen LogP contribution in [0.2, 0.25) is 0 Å². The number of carbonyl (C=O) groups is 2. The largest absolute Gasteiger partial charge is 0.479 e. The molecule has 9 heteroatoms. The lowest BCUT2D eigenvalue weighted by Gasteiger charge is -2.32. The van der Waals surface area contributed by atoms with E-state index < -0.39 is 12.7 Å². The Hall–Kier alpha value is -2.97. The third-order valence-corrected chi connectivity index (χ3v) is 4.27. The molecule has 1 aromatic heterocycles. The van der Waals surface area contributed by atoms with Crippen LogP contribution in [0.15, 0.2) is 36.7 Å². The number of ether oxygens (including phenoxy) is 1. The van der Waals surface area contributed by atoms with E-state index in [0.717, 1.165) is 4.57 Å². The van der Waals surface area contributed by atoms with Crippen LogP contribution in [0.25, 0.3) is 0 Å². The number of halogens is 2. The molecule has 0 saturated carbocycles. The number of fused-ring (bicyclic) bond motifs is 1. The van der Waals surface area contributed by atoms with Gasteiger partial charge in [-0.1, -0.05) is 12.1 Å². The average Bonchev–Trinajstić information content (AvgIpc) is 3.11. The van der Waals surface area contributed by atoms with Crippen molar-refractivity contribution in [2.75, 3.05) is 18.0 Å². The number of benzene rings is 1. The molecule has 2 aromatic rings. The van der Waals surface area contributed by atoms with Crippen LogP contribution in [0.4, 0.5) is 14.5 Å². The maximum atomic E-state index is 12.8. The second-order valence-corrected chi connectivity index (χ2v) is 6.10. The Kier molecular flexibility index (Phi) is 5.68. The lowest BCUT2D eigenvalue weighted by molar-refractivity contribution is -0.125. The second kappa shape index (κ2) is 8.15. The average molecular weight is 378 g/mol. The summed E-state index contributed by atoms with van der Waals surface area (Å²) in [6, 6.07) is 7.15. The summed E-state index contributed by atoms with van der Waals surface area (Å²) in [7, 11) is 0. The molecule has 3 rings (SSSR count). The van der Waals surface area contributed by atoms with Crippen molar-refractivity contribution >= 4 is 17.5 Å². The molecule has 0 fully saturated rings. The highest BCUT2D eigenvalue weighted by Gasteiger charge is 2.31. The van der Waals surface area contributed by atoms with Crippen molar-refractivity contribution in [3.63, 3.8) is 0 Å². The molecule has 1 aromatic carbocycles. The summed E-state index contributed by atoms with van der Waals surface area (Å²) < 4.78 is 31.8. The van der Waals surface area contributed by atoms with Crippen LogP contribution in [0.1, 0.15) is 25.7 Å². The SMILES string of the molecule is CC1Oc2ccccc2N(CCC(=O)NCCc2nccn2C(F)F)C1=O. The van der Waals surface area contributed by atoms with E-state index in [9.17, 15) is 18.4 Å². The topological polar surface area (TPSA) is 76.5 Å². The Morgan fingerprint density at radius 1 is 1.37 bits per heavy atom. The minimum atomic E-state index is -2.66. The summed E-state index contributed by atoms with van der Waals surface area (Å²) in [5.74, 6) is 0.329. The van der Waals surface area contributed by atoms with E-state index in [4.69, 9.17) is 4.74 Å². The number of hydrogen-bond acceptors (Lipinski definition) is 4. The molecule has 0 bridgehead atoms. The maximum Gasteiger partial charge on any atom is 0.319 e. The number of aromatic nitrogens is 2. The van der Waals surface area contributed by atoms with Gasteiger partial charge in [-0.15, -0.1) is 0 Å². The van der Waals surface area contributed by atoms with Crippen molar-refractivity contribution in [2.24, 2.45) is 0 Å². The summed E-state index contributed by atoms with van der Waals surface area (Å²) >= 11 is 0. The van der Waals surface area contributed by atoms with Gasteiger partial charge < -0.3 is 15.0 Å². The Balaban J connectivity index is 1.52. The summed E-state index contributed by atoms with van der Waals surface area (Å²) in [6.45, 7) is -0.600. The Labute approximate surface area is 154 Å². The highest BCUT2D eigenvalue weighted by atomic mass is 19.3. The van der Waals surface area contributed by atoms with E-state index in [1.54, 1.807) is 25.1 Å². The lowest BCUT2D eigenvalue weighted by Crippen LogP contribution is -2.45. The molecule has 27 heavy (non-hydrogen) atoms. The number of rotatable bonds is 7. The standard InChI is InChI=1S/C18H20F2N4O3/c1-12-17(26)23(13-4-2-3-5-14(13)27-12)10-7-16(25)22-8-6-15-21-9-11-24(15)18(19)20/h2-5,9,11-12,18H,6-8,10H2,1H3,(H,22,25). The van der Waals surface area contributed by atoms with E-state index in [2.05, 4.69) is 10.3 Å². The van der Waals surface area contributed by atoms with Gasteiger partial charge in [0.05, 0.1) is 5.69 Å². The van der Waals surface area contributed by atoms with E-state index in [-0.39, 0.29) is 43.6 Å². The zero-order valence-corrected chi connectivity index (χ0v) is 14.8. The van der Waals surface area contributed by atoms with Crippen LogP contribution >= 0.6 is 0 Å². The van der Waals surface area contributed by atoms with Gasteiger partial charge in [-0.05, 0) is 19.1 Å². The zero-order chi connectivity index (χ0) is 19.4. The molecule has 0 radical (unpaired) electrons. The van der Waals surface area contributed by atoms with Gasteiger partial charge in [0.25, 0.3) is 5.91 Å². The van der Waals surface area contributed by atoms with Gasteiger partial charge in [0, 0.05) is 38.3 Å². The number of hydrogen-bond donors (Lipinski definition) is 1. The van der Waals surface area contributed by atoms with Gasteiger partial charge in [-0.25, -0.2) is 4.98 Å². The molecule has 1 unspecified atom stereocenters. The third kappa shape index (κ3) is 4.24. The smallest absolute Gasteiger partial charge is 0.319 e. The predicted octanol–water partition coefficient (Wildman–Crippen LogP) is 2.14. The van der Waals surface area contributed by atoms with E-state index in [1.165, 1.54) is 17.3 Å². The van der Waals surface area contributed by atoms with Crippen LogP contribution in [-0.2, 0) is 16.0 Å². The maximum absolute atomic E-state index is 12.8. The molecule has 0 aliphatic carbocycles. The molecule has 1 aliphatic heterocycles. The number of alkyl halides is 2. The number of imidazole rings is 1. The number of anilines is 1. The molecular formula is C18H20F2N4O3. The van der Waals surface area contributed by atoms with Crippen LogP contribution in [0.5, 0.6) is 5.75 Å². The van der Waals surface area contributed by atoms with Gasteiger partial charge in [0.1, 0.15) is 11.6 Å². The minimum absolute atomic E-state index is 0.0933. The summed E-state index contributed by atoms with van der Waals surface area (Å²) in [6.07, 6.45) is 2.17. The first-order valence-corrected chi connectivity index (χ1v) is 8.61. The molecule has 2 heterocycles. The Morgan fingerprint density at radius 3 is 2.93 bits per heavy atom. The molecular weight excluding hydrogens is 358 g/mol. The van der Waals surface area contributed by atoms with Crippen molar-refractivity contribution in [1.82, 2.24) is 14.9 Å². The summed E-state index contributed by atoms with van der Waals surface area (Å²) in [4.78, 5) is 29.8. The fourth-order valence-electron chi connectivity index (χ4n) is 2.92. The first-order valence-electron chi connectivity index (χ1n) is 8.61. The zero-order valence-electron chi connectivity index (χ0n) is 14.8. The van der Waals surface area contributed by atoms with E-state index >= 15 is 0 Å². The van der Waals surface area contributed by atoms with Crippen molar-refractivity contribution in [2.45, 2.75) is 32.4 Å². The molecule has 7 nitrogen and oxygen atoms in total. The quantitative estimate of drug-likeness (QED) is 0.801. The monoisotopic (exact) mass is 378 g/mol. The normalized spacial score (nSPS) is 16.2. The fourth-order valence-corrected chi connectivity index (χ4v) is 2.92. The number of nitrogens with one attached hydrogen (secondary N) is 1. The first kappa shape index (κ1) is 18.8. The number of nitrogens with zero attached hydrogens (tertiary/aromatic N) is 3. The van der Waals surface area contributed by atoms with Crippen molar-refractivity contribution in [3.8, 4) is 5.75 Å². The first-order chi connectivity index (χ1) is 13.0. The summed E-state index contributed by atoms with van der Waals surface area (Å²) in [5, 5.41) is 2.67. The van der Waals surface area contributed by atoms with Crippen LogP contribution < -0.4 is 15.0 Å². The molecule has 0 spiro atoms. The van der Waals surface area contributed by atoms with E-state index in [0.29, 0.717) is 11.4 Å². The van der Waals surface area contributed by atoms with Crippen molar-refractivity contribution in [3.05, 3.63) is 42.5 Å². The van der Waals surface area contributed by atoms with Gasteiger partial charge in [0.2, 0.25) is 5.91 Å². The van der Waals surface area contributed by atoms with Gasteiger partial charge in [-0.2, -0.15) is 8.78 Å². The minimum Gasteiger partial charge on any atom is -0.479 e. The third-order valence-electron chi connectivity index (χ3n) is 4.27. The van der Waals surface area contributed by atoms with Gasteiger partial charge in [-0.3, -0.25) is 14.2 Å². The molecule has 2 amide bonds. The predicted molar refractivity (Wildman–Crippen MR) is 93.7 cm³/mol.